The van der Waals surface area contributed by atoms with Gasteiger partial charge in [0, 0.05) is 13.1 Å². The highest BCUT2D eigenvalue weighted by Gasteiger charge is 2.40. The minimum Gasteiger partial charge on any atom is -0.212 e. The molecule has 3 nitrogen and oxygen atoms in total. The quantitative estimate of drug-likeness (QED) is 0.727. The van der Waals surface area contributed by atoms with Crippen LogP contribution in [0.25, 0.3) is 0 Å². The third kappa shape index (κ3) is 2.21. The second kappa shape index (κ2) is 4.06. The van der Waals surface area contributed by atoms with Crippen molar-refractivity contribution in [1.82, 2.24) is 4.31 Å². The van der Waals surface area contributed by atoms with E-state index in [9.17, 15) is 8.42 Å². The van der Waals surface area contributed by atoms with Crippen LogP contribution in [0.5, 0.6) is 0 Å². The SMILES string of the molecule is CC1CCN(S(=O)(=O)C2CC(C)C2)CC1. The summed E-state index contributed by atoms with van der Waals surface area (Å²) in [6.45, 7) is 5.82. The molecule has 0 bridgehead atoms. The molecule has 88 valence electrons. The van der Waals surface area contributed by atoms with Gasteiger partial charge in [-0.2, -0.15) is 0 Å². The molecule has 0 spiro atoms. The van der Waals surface area contributed by atoms with Crippen molar-refractivity contribution in [1.29, 1.82) is 0 Å². The predicted molar refractivity (Wildman–Crippen MR) is 61.1 cm³/mol. The molecule has 0 aromatic rings. The van der Waals surface area contributed by atoms with Crippen LogP contribution in [0.15, 0.2) is 0 Å². The Kier molecular flexibility index (Phi) is 3.08. The van der Waals surface area contributed by atoms with Gasteiger partial charge >= 0.3 is 0 Å². The zero-order valence-electron chi connectivity index (χ0n) is 9.65. The third-order valence-corrected chi connectivity index (χ3v) is 6.17. The van der Waals surface area contributed by atoms with Crippen molar-refractivity contribution >= 4 is 10.0 Å². The van der Waals surface area contributed by atoms with Crippen LogP contribution >= 0.6 is 0 Å². The maximum Gasteiger partial charge on any atom is 0.217 e. The topological polar surface area (TPSA) is 37.4 Å². The molecule has 0 N–H and O–H groups in total. The summed E-state index contributed by atoms with van der Waals surface area (Å²) in [6.07, 6.45) is 3.80. The minimum absolute atomic E-state index is 0.0686. The van der Waals surface area contributed by atoms with E-state index in [0.29, 0.717) is 11.8 Å². The molecular weight excluding hydrogens is 210 g/mol. The molecule has 2 aliphatic rings. The van der Waals surface area contributed by atoms with Crippen molar-refractivity contribution < 1.29 is 8.42 Å². The molecule has 0 aromatic heterocycles. The van der Waals surface area contributed by atoms with Gasteiger partial charge in [-0.3, -0.25) is 0 Å². The highest BCUT2D eigenvalue weighted by Crippen LogP contribution is 2.35. The van der Waals surface area contributed by atoms with Crippen molar-refractivity contribution in [2.24, 2.45) is 11.8 Å². The van der Waals surface area contributed by atoms with Crippen LogP contribution in [0.2, 0.25) is 0 Å². The van der Waals surface area contributed by atoms with Crippen molar-refractivity contribution in [3.05, 3.63) is 0 Å². The summed E-state index contributed by atoms with van der Waals surface area (Å²) in [4.78, 5) is 0. The molecule has 0 amide bonds. The van der Waals surface area contributed by atoms with Crippen molar-refractivity contribution in [2.75, 3.05) is 13.1 Å². The highest BCUT2D eigenvalue weighted by molar-refractivity contribution is 7.89. The Labute approximate surface area is 92.9 Å². The summed E-state index contributed by atoms with van der Waals surface area (Å²) in [6, 6.07) is 0. The van der Waals surface area contributed by atoms with Crippen molar-refractivity contribution in [3.63, 3.8) is 0 Å². The van der Waals surface area contributed by atoms with Gasteiger partial charge in [0.2, 0.25) is 10.0 Å². The number of nitrogens with zero attached hydrogens (tertiary/aromatic N) is 1. The first kappa shape index (κ1) is 11.4. The van der Waals surface area contributed by atoms with E-state index in [1.807, 2.05) is 0 Å². The lowest BCUT2D eigenvalue weighted by Gasteiger charge is -2.38. The molecular formula is C11H21NO2S. The Hall–Kier alpha value is -0.0900. The predicted octanol–water partition coefficient (Wildman–Crippen LogP) is 1.85. The summed E-state index contributed by atoms with van der Waals surface area (Å²) in [5, 5.41) is -0.0686. The lowest BCUT2D eigenvalue weighted by atomic mass is 9.87. The number of hydrogen-bond acceptors (Lipinski definition) is 2. The van der Waals surface area contributed by atoms with E-state index < -0.39 is 10.0 Å². The van der Waals surface area contributed by atoms with E-state index >= 15 is 0 Å². The first-order chi connectivity index (χ1) is 7.00. The van der Waals surface area contributed by atoms with E-state index in [1.54, 1.807) is 4.31 Å². The fraction of sp³-hybridized carbons (Fsp3) is 1.00. The van der Waals surface area contributed by atoms with Gasteiger partial charge in [-0.15, -0.1) is 0 Å². The van der Waals surface area contributed by atoms with Gasteiger partial charge in [0.15, 0.2) is 0 Å². The van der Waals surface area contributed by atoms with Crippen LogP contribution in [-0.4, -0.2) is 31.1 Å². The fourth-order valence-electron chi connectivity index (χ4n) is 2.52. The second-order valence-corrected chi connectivity index (χ2v) is 7.54. The van der Waals surface area contributed by atoms with Gasteiger partial charge in [0.25, 0.3) is 0 Å². The molecule has 15 heavy (non-hydrogen) atoms. The lowest BCUT2D eigenvalue weighted by molar-refractivity contribution is 0.267. The average Bonchev–Trinajstić information content (AvgIpc) is 2.13. The fourth-order valence-corrected chi connectivity index (χ4v) is 4.81. The van der Waals surface area contributed by atoms with Crippen LogP contribution in [0.3, 0.4) is 0 Å². The van der Waals surface area contributed by atoms with Crippen LogP contribution in [0, 0.1) is 11.8 Å². The van der Waals surface area contributed by atoms with Gasteiger partial charge in [-0.05, 0) is 37.5 Å². The summed E-state index contributed by atoms with van der Waals surface area (Å²) in [5.41, 5.74) is 0. The first-order valence-electron chi connectivity index (χ1n) is 5.99. The number of hydrogen-bond donors (Lipinski definition) is 0. The maximum atomic E-state index is 12.1. The second-order valence-electron chi connectivity index (χ2n) is 5.33. The summed E-state index contributed by atoms with van der Waals surface area (Å²) < 4.78 is 26.0. The number of rotatable bonds is 2. The lowest BCUT2D eigenvalue weighted by Crippen LogP contribution is -2.47. The van der Waals surface area contributed by atoms with Crippen molar-refractivity contribution in [2.45, 2.75) is 44.8 Å². The zero-order valence-corrected chi connectivity index (χ0v) is 10.5. The molecule has 1 saturated heterocycles. The van der Waals surface area contributed by atoms with E-state index in [-0.39, 0.29) is 5.25 Å². The van der Waals surface area contributed by atoms with Crippen LogP contribution in [-0.2, 0) is 10.0 Å². The van der Waals surface area contributed by atoms with Gasteiger partial charge in [0.1, 0.15) is 0 Å². The van der Waals surface area contributed by atoms with E-state index in [2.05, 4.69) is 13.8 Å². The molecule has 4 heteroatoms. The summed E-state index contributed by atoms with van der Waals surface area (Å²) in [7, 11) is -2.95. The number of piperidine rings is 1. The molecule has 1 aliphatic carbocycles. The van der Waals surface area contributed by atoms with Gasteiger partial charge in [-0.25, -0.2) is 12.7 Å². The molecule has 1 aliphatic heterocycles. The Morgan fingerprint density at radius 1 is 1.00 bits per heavy atom. The molecule has 0 atom stereocenters. The Bertz CT molecular complexity index is 311. The highest BCUT2D eigenvalue weighted by atomic mass is 32.2. The molecule has 2 rings (SSSR count). The molecule has 0 unspecified atom stereocenters. The van der Waals surface area contributed by atoms with Gasteiger partial charge in [-0.1, -0.05) is 13.8 Å². The van der Waals surface area contributed by atoms with Crippen LogP contribution in [0.1, 0.15) is 39.5 Å². The molecule has 1 heterocycles. The molecule has 1 saturated carbocycles. The Balaban J connectivity index is 1.97. The van der Waals surface area contributed by atoms with Crippen LogP contribution in [0.4, 0.5) is 0 Å². The Morgan fingerprint density at radius 2 is 1.53 bits per heavy atom. The van der Waals surface area contributed by atoms with E-state index in [1.165, 1.54) is 0 Å². The first-order valence-corrected chi connectivity index (χ1v) is 7.49. The zero-order chi connectivity index (χ0) is 11.1. The van der Waals surface area contributed by atoms with Crippen molar-refractivity contribution in [3.8, 4) is 0 Å². The number of sulfonamides is 1. The molecule has 0 aromatic carbocycles. The molecule has 0 radical (unpaired) electrons. The monoisotopic (exact) mass is 231 g/mol. The summed E-state index contributed by atoms with van der Waals surface area (Å²) in [5.74, 6) is 1.30. The average molecular weight is 231 g/mol. The minimum atomic E-state index is -2.95. The molecule has 2 fully saturated rings. The standard InChI is InChI=1S/C11H21NO2S/c1-9-3-5-12(6-4-9)15(13,14)11-7-10(2)8-11/h9-11H,3-8H2,1-2H3. The third-order valence-electron chi connectivity index (χ3n) is 3.85. The van der Waals surface area contributed by atoms with Gasteiger partial charge in [0.05, 0.1) is 5.25 Å². The smallest absolute Gasteiger partial charge is 0.212 e. The van der Waals surface area contributed by atoms with Gasteiger partial charge < -0.3 is 0 Å². The normalized spacial score (nSPS) is 35.1. The van der Waals surface area contributed by atoms with Crippen LogP contribution < -0.4 is 0 Å². The maximum absolute atomic E-state index is 12.1. The largest absolute Gasteiger partial charge is 0.217 e. The Morgan fingerprint density at radius 3 is 2.00 bits per heavy atom. The van der Waals surface area contributed by atoms with E-state index in [4.69, 9.17) is 0 Å². The van der Waals surface area contributed by atoms with E-state index in [0.717, 1.165) is 38.8 Å². The summed E-state index contributed by atoms with van der Waals surface area (Å²) >= 11 is 0.